The second-order valence-electron chi connectivity index (χ2n) is 8.32. The lowest BCUT2D eigenvalue weighted by molar-refractivity contribution is -0.148. The Morgan fingerprint density at radius 2 is 1.97 bits per heavy atom. The van der Waals surface area contributed by atoms with Crippen LogP contribution in [-0.4, -0.2) is 34.2 Å². The zero-order chi connectivity index (χ0) is 22.4. The largest absolute Gasteiger partial charge is 0.469 e. The lowest BCUT2D eigenvalue weighted by Crippen LogP contribution is -2.22. The van der Waals surface area contributed by atoms with E-state index in [-0.39, 0.29) is 18.4 Å². The molecule has 0 saturated heterocycles. The zero-order valence-corrected chi connectivity index (χ0v) is 18.4. The molecule has 0 bridgehead atoms. The molecular formula is C25H28N2O4. The number of fused-ring (bicyclic) bond motifs is 1. The van der Waals surface area contributed by atoms with Crippen molar-refractivity contribution in [1.82, 2.24) is 9.55 Å². The van der Waals surface area contributed by atoms with Gasteiger partial charge in [-0.2, -0.15) is 0 Å². The van der Waals surface area contributed by atoms with Crippen LogP contribution in [0.1, 0.15) is 43.9 Å². The molecule has 0 aliphatic rings. The molecule has 3 aromatic rings. The molecule has 6 heteroatoms. The molecule has 0 unspecified atom stereocenters. The van der Waals surface area contributed by atoms with E-state index in [2.05, 4.69) is 15.7 Å². The van der Waals surface area contributed by atoms with E-state index in [1.54, 1.807) is 12.3 Å². The maximum absolute atomic E-state index is 12.2. The van der Waals surface area contributed by atoms with Gasteiger partial charge in [0.25, 0.3) is 0 Å². The van der Waals surface area contributed by atoms with Crippen LogP contribution in [0, 0.1) is 0 Å². The minimum absolute atomic E-state index is 0.253. The second-order valence-corrected chi connectivity index (χ2v) is 8.32. The van der Waals surface area contributed by atoms with Crippen molar-refractivity contribution in [2.45, 2.75) is 45.8 Å². The van der Waals surface area contributed by atoms with Crippen LogP contribution in [0.2, 0.25) is 0 Å². The summed E-state index contributed by atoms with van der Waals surface area (Å²) < 4.78 is 12.2. The van der Waals surface area contributed by atoms with Gasteiger partial charge >= 0.3 is 11.9 Å². The van der Waals surface area contributed by atoms with Crippen molar-refractivity contribution in [2.24, 2.45) is 0 Å². The van der Waals surface area contributed by atoms with Crippen molar-refractivity contribution in [3.8, 4) is 0 Å². The minimum atomic E-state index is -0.546. The summed E-state index contributed by atoms with van der Waals surface area (Å²) in [6.45, 7) is 6.03. The molecule has 0 spiro atoms. The van der Waals surface area contributed by atoms with Gasteiger partial charge in [0.2, 0.25) is 0 Å². The van der Waals surface area contributed by atoms with Crippen molar-refractivity contribution >= 4 is 28.9 Å². The van der Waals surface area contributed by atoms with Crippen LogP contribution < -0.4 is 0 Å². The van der Waals surface area contributed by atoms with Crippen LogP contribution in [-0.2, 0) is 32.0 Å². The molecule has 3 rings (SSSR count). The molecule has 0 radical (unpaired) electrons. The molecule has 2 aromatic heterocycles. The fourth-order valence-corrected chi connectivity index (χ4v) is 3.46. The van der Waals surface area contributed by atoms with E-state index in [9.17, 15) is 9.59 Å². The third-order valence-corrected chi connectivity index (χ3v) is 4.72. The predicted molar refractivity (Wildman–Crippen MR) is 120 cm³/mol. The van der Waals surface area contributed by atoms with Crippen LogP contribution in [0.15, 0.2) is 55.0 Å². The Balaban J connectivity index is 2.00. The first-order chi connectivity index (χ1) is 14.8. The molecule has 162 valence electrons. The monoisotopic (exact) mass is 420 g/mol. The summed E-state index contributed by atoms with van der Waals surface area (Å²) in [4.78, 5) is 28.1. The first kappa shape index (κ1) is 22.3. The summed E-state index contributed by atoms with van der Waals surface area (Å²) in [5, 5.41) is 1.04. The highest BCUT2D eigenvalue weighted by molar-refractivity contribution is 5.96. The van der Waals surface area contributed by atoms with Crippen LogP contribution in [0.3, 0.4) is 0 Å². The summed E-state index contributed by atoms with van der Waals surface area (Å²) >= 11 is 0. The maximum atomic E-state index is 12.2. The third kappa shape index (κ3) is 6.04. The number of hydrogen-bond donors (Lipinski definition) is 0. The molecule has 0 N–H and O–H groups in total. The lowest BCUT2D eigenvalue weighted by Gasteiger charge is -2.17. The van der Waals surface area contributed by atoms with Gasteiger partial charge in [0.05, 0.1) is 13.5 Å². The lowest BCUT2D eigenvalue weighted by atomic mass is 10.0. The second kappa shape index (κ2) is 9.60. The Kier molecular flexibility index (Phi) is 6.90. The van der Waals surface area contributed by atoms with Gasteiger partial charge in [-0.1, -0.05) is 18.2 Å². The predicted octanol–water partition coefficient (Wildman–Crippen LogP) is 4.55. The Hall–Kier alpha value is -3.41. The SMILES string of the molecule is COC(=O)CCn1cc(Cc2cccnc2)c2c(C=CC(=O)OC(C)(C)C)cccc21. The zero-order valence-electron chi connectivity index (χ0n) is 18.4. The van der Waals surface area contributed by atoms with Gasteiger partial charge in [-0.3, -0.25) is 9.78 Å². The number of hydrogen-bond acceptors (Lipinski definition) is 5. The van der Waals surface area contributed by atoms with Gasteiger partial charge in [0.15, 0.2) is 0 Å². The molecule has 0 saturated carbocycles. The van der Waals surface area contributed by atoms with Crippen molar-refractivity contribution < 1.29 is 19.1 Å². The fraction of sp³-hybridized carbons (Fsp3) is 0.320. The fourth-order valence-electron chi connectivity index (χ4n) is 3.46. The van der Waals surface area contributed by atoms with Gasteiger partial charge in [-0.05, 0) is 55.7 Å². The molecule has 6 nitrogen and oxygen atoms in total. The summed E-state index contributed by atoms with van der Waals surface area (Å²) in [5.74, 6) is -0.639. The number of benzene rings is 1. The Labute approximate surface area is 182 Å². The van der Waals surface area contributed by atoms with Gasteiger partial charge in [-0.15, -0.1) is 0 Å². The Morgan fingerprint density at radius 1 is 1.16 bits per heavy atom. The smallest absolute Gasteiger partial charge is 0.331 e. The number of carbonyl (C=O) groups is 2. The normalized spacial score (nSPS) is 11.7. The topological polar surface area (TPSA) is 70.4 Å². The number of rotatable bonds is 7. The molecule has 2 heterocycles. The van der Waals surface area contributed by atoms with Crippen molar-refractivity contribution in [2.75, 3.05) is 7.11 Å². The average Bonchev–Trinajstić information content (AvgIpc) is 3.08. The van der Waals surface area contributed by atoms with E-state index in [0.29, 0.717) is 13.0 Å². The van der Waals surface area contributed by atoms with E-state index in [4.69, 9.17) is 9.47 Å². The first-order valence-corrected chi connectivity index (χ1v) is 10.2. The van der Waals surface area contributed by atoms with Gasteiger partial charge in [0.1, 0.15) is 5.60 Å². The van der Waals surface area contributed by atoms with Crippen LogP contribution >= 0.6 is 0 Å². The van der Waals surface area contributed by atoms with E-state index >= 15 is 0 Å². The summed E-state index contributed by atoms with van der Waals surface area (Å²) in [6, 6.07) is 9.88. The molecule has 0 atom stereocenters. The van der Waals surface area contributed by atoms with E-state index < -0.39 is 5.60 Å². The van der Waals surface area contributed by atoms with E-state index in [1.165, 1.54) is 13.2 Å². The minimum Gasteiger partial charge on any atom is -0.469 e. The van der Waals surface area contributed by atoms with Crippen LogP contribution in [0.5, 0.6) is 0 Å². The molecule has 0 fully saturated rings. The highest BCUT2D eigenvalue weighted by Crippen LogP contribution is 2.28. The number of esters is 2. The molecule has 0 aliphatic heterocycles. The molecule has 1 aromatic carbocycles. The number of carbonyl (C=O) groups excluding carboxylic acids is 2. The number of aromatic nitrogens is 2. The van der Waals surface area contributed by atoms with Crippen molar-refractivity contribution in [1.29, 1.82) is 0 Å². The van der Waals surface area contributed by atoms with E-state index in [0.717, 1.165) is 27.6 Å². The Bertz CT molecular complexity index is 1090. The maximum Gasteiger partial charge on any atom is 0.331 e. The number of nitrogens with zero attached hydrogens (tertiary/aromatic N) is 2. The quantitative estimate of drug-likeness (QED) is 0.414. The average molecular weight is 421 g/mol. The van der Waals surface area contributed by atoms with Gasteiger partial charge < -0.3 is 14.0 Å². The summed E-state index contributed by atoms with van der Waals surface area (Å²) in [5.41, 5.74) is 3.54. The number of aryl methyl sites for hydroxylation is 1. The number of pyridine rings is 1. The Morgan fingerprint density at radius 3 is 2.65 bits per heavy atom. The number of ether oxygens (including phenoxy) is 2. The van der Waals surface area contributed by atoms with Crippen LogP contribution in [0.25, 0.3) is 17.0 Å². The highest BCUT2D eigenvalue weighted by atomic mass is 16.6. The molecule has 31 heavy (non-hydrogen) atoms. The molecule has 0 aliphatic carbocycles. The van der Waals surface area contributed by atoms with Crippen molar-refractivity contribution in [3.63, 3.8) is 0 Å². The number of methoxy groups -OCH3 is 1. The summed E-state index contributed by atoms with van der Waals surface area (Å²) in [6.07, 6.45) is 9.87. The third-order valence-electron chi connectivity index (χ3n) is 4.72. The van der Waals surface area contributed by atoms with Gasteiger partial charge in [-0.25, -0.2) is 4.79 Å². The molecule has 0 amide bonds. The molecular weight excluding hydrogens is 392 g/mol. The summed E-state index contributed by atoms with van der Waals surface area (Å²) in [7, 11) is 1.39. The standard InChI is InChI=1S/C25H28N2O4/c1-25(2,3)31-23(29)11-10-19-8-5-9-21-24(19)20(15-18-7-6-13-26-16-18)17-27(21)14-12-22(28)30-4/h5-11,13,16-17H,12,14-15H2,1-4H3. The van der Waals surface area contributed by atoms with Crippen molar-refractivity contribution in [3.05, 3.63) is 71.7 Å². The first-order valence-electron chi connectivity index (χ1n) is 10.2. The highest BCUT2D eigenvalue weighted by Gasteiger charge is 2.16. The van der Waals surface area contributed by atoms with Crippen LogP contribution in [0.4, 0.5) is 0 Å². The van der Waals surface area contributed by atoms with Gasteiger partial charge in [0, 0.05) is 48.5 Å². The van der Waals surface area contributed by atoms with E-state index in [1.807, 2.05) is 57.3 Å².